The second-order valence-electron chi connectivity index (χ2n) is 6.43. The van der Waals surface area contributed by atoms with Gasteiger partial charge in [-0.05, 0) is 53.1 Å². The Bertz CT molecular complexity index is 995. The molecule has 144 valence electrons. The lowest BCUT2D eigenvalue weighted by atomic mass is 9.90. The average molecular weight is 396 g/mol. The van der Waals surface area contributed by atoms with Crippen LogP contribution in [0.3, 0.4) is 0 Å². The molecular formula is C23H24ClF3. The fraction of sp³-hybridized carbons (Fsp3) is 0.304. The Labute approximate surface area is 169 Å². The van der Waals surface area contributed by atoms with Gasteiger partial charge in [-0.15, -0.1) is 12.4 Å². The number of hydrogen-bond donors (Lipinski definition) is 0. The van der Waals surface area contributed by atoms with Gasteiger partial charge in [0.05, 0.1) is 5.56 Å². The standard InChI is InChI=1S/C23H23F3.ClH/c1-17(21-15-7-12-19-11-4-5-14-22(19)21)8-2-3-9-18-10-6-13-20(16-18)23(24,25)26;/h4-7,10-17H,2-3,8-9H2,1H3;1H/t17-;/m0./s1/i2D2,17D;. The van der Waals surface area contributed by atoms with E-state index in [0.717, 1.165) is 28.5 Å². The summed E-state index contributed by atoms with van der Waals surface area (Å²) >= 11 is 0. The van der Waals surface area contributed by atoms with E-state index in [1.54, 1.807) is 13.0 Å². The Hall–Kier alpha value is -2.00. The normalized spacial score (nSPS) is 15.9. The van der Waals surface area contributed by atoms with Gasteiger partial charge in [-0.1, -0.05) is 74.0 Å². The van der Waals surface area contributed by atoms with E-state index in [1.807, 2.05) is 42.5 Å². The molecule has 3 aromatic rings. The van der Waals surface area contributed by atoms with Crippen LogP contribution in [-0.4, -0.2) is 0 Å². The third-order valence-corrected chi connectivity index (χ3v) is 4.48. The Morgan fingerprint density at radius 3 is 2.48 bits per heavy atom. The van der Waals surface area contributed by atoms with Gasteiger partial charge in [-0.25, -0.2) is 0 Å². The van der Waals surface area contributed by atoms with Gasteiger partial charge >= 0.3 is 6.18 Å². The van der Waals surface area contributed by atoms with Crippen LogP contribution in [0.15, 0.2) is 66.7 Å². The second-order valence-corrected chi connectivity index (χ2v) is 6.43. The number of hydrogen-bond acceptors (Lipinski definition) is 0. The minimum atomic E-state index is -4.41. The summed E-state index contributed by atoms with van der Waals surface area (Å²) in [5.41, 5.74) is 0.468. The van der Waals surface area contributed by atoms with Crippen LogP contribution in [-0.2, 0) is 12.6 Å². The van der Waals surface area contributed by atoms with Crippen molar-refractivity contribution in [3.63, 3.8) is 0 Å². The van der Waals surface area contributed by atoms with Crippen molar-refractivity contribution in [1.82, 2.24) is 0 Å². The van der Waals surface area contributed by atoms with Crippen molar-refractivity contribution < 1.29 is 17.3 Å². The molecular weight excluding hydrogens is 369 g/mol. The van der Waals surface area contributed by atoms with Crippen molar-refractivity contribution in [2.45, 2.75) is 44.6 Å². The summed E-state index contributed by atoms with van der Waals surface area (Å²) in [5.74, 6) is -1.17. The number of benzene rings is 3. The Morgan fingerprint density at radius 1 is 1.00 bits per heavy atom. The van der Waals surface area contributed by atoms with Crippen LogP contribution in [0.25, 0.3) is 10.8 Å². The number of aryl methyl sites for hydroxylation is 1. The van der Waals surface area contributed by atoms with Gasteiger partial charge in [-0.3, -0.25) is 0 Å². The van der Waals surface area contributed by atoms with Gasteiger partial charge in [0.15, 0.2) is 0 Å². The molecule has 4 heteroatoms. The van der Waals surface area contributed by atoms with Gasteiger partial charge in [0.2, 0.25) is 0 Å². The SMILES string of the molecule is Cl.[2H]C([2H])(CCc1cccc(C(F)(F)F)c1)C[C@]([2H])(C)c1cccc2ccccc12. The molecule has 0 fully saturated rings. The number of rotatable bonds is 6. The van der Waals surface area contributed by atoms with E-state index < -0.39 is 24.0 Å². The first-order valence-corrected chi connectivity index (χ1v) is 8.62. The van der Waals surface area contributed by atoms with Crippen molar-refractivity contribution >= 4 is 23.2 Å². The first-order chi connectivity index (χ1) is 13.5. The molecule has 3 rings (SSSR count). The van der Waals surface area contributed by atoms with Crippen molar-refractivity contribution in [2.24, 2.45) is 0 Å². The maximum atomic E-state index is 12.9. The summed E-state index contributed by atoms with van der Waals surface area (Å²) < 4.78 is 64.2. The van der Waals surface area contributed by atoms with E-state index in [4.69, 9.17) is 4.11 Å². The first kappa shape index (κ1) is 17.1. The quantitative estimate of drug-likeness (QED) is 0.399. The molecule has 0 saturated carbocycles. The predicted molar refractivity (Wildman–Crippen MR) is 109 cm³/mol. The molecule has 0 amide bonds. The molecule has 27 heavy (non-hydrogen) atoms. The summed E-state index contributed by atoms with van der Waals surface area (Å²) in [6, 6.07) is 18.4. The molecule has 0 aliphatic carbocycles. The highest BCUT2D eigenvalue weighted by atomic mass is 35.5. The molecule has 0 saturated heterocycles. The summed E-state index contributed by atoms with van der Waals surface area (Å²) in [7, 11) is 0. The molecule has 1 atom stereocenters. The monoisotopic (exact) mass is 395 g/mol. The Balaban J connectivity index is 0.00000320. The maximum absolute atomic E-state index is 12.9. The molecule has 0 nitrogen and oxygen atoms in total. The van der Waals surface area contributed by atoms with Crippen molar-refractivity contribution in [2.75, 3.05) is 0 Å². The van der Waals surface area contributed by atoms with Crippen LogP contribution in [0.1, 0.15) is 52.8 Å². The van der Waals surface area contributed by atoms with E-state index in [0.29, 0.717) is 5.56 Å². The van der Waals surface area contributed by atoms with Crippen LogP contribution in [0.4, 0.5) is 13.2 Å². The molecule has 0 aliphatic rings. The van der Waals surface area contributed by atoms with E-state index in [1.165, 1.54) is 6.07 Å². The number of fused-ring (bicyclic) bond motifs is 1. The lowest BCUT2D eigenvalue weighted by Gasteiger charge is -2.15. The van der Waals surface area contributed by atoms with Crippen molar-refractivity contribution in [3.05, 3.63) is 83.4 Å². The molecule has 0 N–H and O–H groups in total. The lowest BCUT2D eigenvalue weighted by molar-refractivity contribution is -0.137. The van der Waals surface area contributed by atoms with Crippen LogP contribution in [0, 0.1) is 0 Å². The number of halogens is 4. The molecule has 0 aromatic heterocycles. The average Bonchev–Trinajstić information content (AvgIpc) is 2.65. The summed E-state index contributed by atoms with van der Waals surface area (Å²) in [6.07, 6.45) is -5.92. The lowest BCUT2D eigenvalue weighted by Crippen LogP contribution is -2.05. The number of alkyl halides is 3. The van der Waals surface area contributed by atoms with Crippen LogP contribution in [0.2, 0.25) is 0 Å². The minimum absolute atomic E-state index is 0. The summed E-state index contributed by atoms with van der Waals surface area (Å²) in [4.78, 5) is 0. The molecule has 0 aliphatic heterocycles. The Morgan fingerprint density at radius 2 is 1.70 bits per heavy atom. The highest BCUT2D eigenvalue weighted by Gasteiger charge is 2.30. The molecule has 0 bridgehead atoms. The van der Waals surface area contributed by atoms with Gasteiger partial charge in [-0.2, -0.15) is 13.2 Å². The van der Waals surface area contributed by atoms with Gasteiger partial charge in [0, 0.05) is 4.11 Å². The van der Waals surface area contributed by atoms with E-state index in [2.05, 4.69) is 0 Å². The highest BCUT2D eigenvalue weighted by Crippen LogP contribution is 2.31. The fourth-order valence-electron chi connectivity index (χ4n) is 3.10. The molecule has 0 unspecified atom stereocenters. The first-order valence-electron chi connectivity index (χ1n) is 10.1. The van der Waals surface area contributed by atoms with Crippen LogP contribution < -0.4 is 0 Å². The van der Waals surface area contributed by atoms with E-state index in [9.17, 15) is 13.2 Å². The zero-order valence-electron chi connectivity index (χ0n) is 18.0. The zero-order valence-corrected chi connectivity index (χ0v) is 15.8. The third-order valence-electron chi connectivity index (χ3n) is 4.48. The van der Waals surface area contributed by atoms with Crippen LogP contribution in [0.5, 0.6) is 0 Å². The van der Waals surface area contributed by atoms with E-state index in [-0.39, 0.29) is 31.7 Å². The zero-order chi connectivity index (χ0) is 21.3. The van der Waals surface area contributed by atoms with Crippen molar-refractivity contribution in [1.29, 1.82) is 0 Å². The smallest absolute Gasteiger partial charge is 0.166 e. The molecule has 3 aromatic carbocycles. The maximum Gasteiger partial charge on any atom is 0.416 e. The molecule has 0 heterocycles. The topological polar surface area (TPSA) is 0 Å². The highest BCUT2D eigenvalue weighted by molar-refractivity contribution is 5.86. The summed E-state index contributed by atoms with van der Waals surface area (Å²) in [5, 5.41) is 1.91. The fourth-order valence-corrected chi connectivity index (χ4v) is 3.10. The van der Waals surface area contributed by atoms with Crippen molar-refractivity contribution in [3.8, 4) is 0 Å². The third kappa shape index (κ3) is 5.49. The molecule has 0 radical (unpaired) electrons. The summed E-state index contributed by atoms with van der Waals surface area (Å²) in [6.45, 7) is 1.69. The predicted octanol–water partition coefficient (Wildman–Crippen LogP) is 7.80. The minimum Gasteiger partial charge on any atom is -0.166 e. The molecule has 0 spiro atoms. The van der Waals surface area contributed by atoms with E-state index >= 15 is 0 Å². The van der Waals surface area contributed by atoms with Crippen LogP contribution >= 0.6 is 12.4 Å². The van der Waals surface area contributed by atoms with Gasteiger partial charge in [0.1, 0.15) is 0 Å². The Kier molecular flexibility index (Phi) is 5.88. The van der Waals surface area contributed by atoms with Gasteiger partial charge in [0.25, 0.3) is 0 Å². The second kappa shape index (κ2) is 9.27. The largest absolute Gasteiger partial charge is 0.416 e. The van der Waals surface area contributed by atoms with Gasteiger partial charge < -0.3 is 0 Å².